The predicted octanol–water partition coefficient (Wildman–Crippen LogP) is 5.79. The lowest BCUT2D eigenvalue weighted by molar-refractivity contribution is 0.0996. The van der Waals surface area contributed by atoms with Gasteiger partial charge in [-0.1, -0.05) is 41.9 Å². The minimum absolute atomic E-state index is 0.230. The summed E-state index contributed by atoms with van der Waals surface area (Å²) in [4.78, 5) is 24.6. The quantitative estimate of drug-likeness (QED) is 0.389. The van der Waals surface area contributed by atoms with Crippen molar-refractivity contribution >= 4 is 34.4 Å². The Morgan fingerprint density at radius 2 is 1.87 bits per heavy atom. The van der Waals surface area contributed by atoms with Crippen molar-refractivity contribution in [3.05, 3.63) is 90.0 Å². The first-order chi connectivity index (χ1) is 14.7. The van der Waals surface area contributed by atoms with Gasteiger partial charge in [-0.15, -0.1) is 0 Å². The Kier molecular flexibility index (Phi) is 4.53. The van der Waals surface area contributed by atoms with Crippen molar-refractivity contribution in [1.82, 2.24) is 15.0 Å². The fourth-order valence-electron chi connectivity index (χ4n) is 3.20. The molecule has 6 nitrogen and oxygen atoms in total. The lowest BCUT2D eigenvalue weighted by Crippen LogP contribution is -2.10. The normalized spacial score (nSPS) is 11.0. The fourth-order valence-corrected chi connectivity index (χ4v) is 3.41. The Morgan fingerprint density at radius 1 is 1.00 bits per heavy atom. The van der Waals surface area contributed by atoms with E-state index >= 15 is 0 Å². The third-order valence-corrected chi connectivity index (χ3v) is 5.00. The standard InChI is InChI=1S/C23H15ClN4O2/c24-18-9-8-16(26-23(29)20-7-4-10-30-20)12-17(18)21-27-19-11-15(13-25-22(19)28-21)14-5-2-1-3-6-14/h1-13H,(H,26,29)(H,25,27,28). The molecule has 0 saturated carbocycles. The van der Waals surface area contributed by atoms with Crippen LogP contribution in [0.4, 0.5) is 5.69 Å². The highest BCUT2D eigenvalue weighted by atomic mass is 35.5. The molecule has 2 N–H and O–H groups in total. The summed E-state index contributed by atoms with van der Waals surface area (Å²) < 4.78 is 5.13. The summed E-state index contributed by atoms with van der Waals surface area (Å²) in [5.41, 5.74) is 4.69. The lowest BCUT2D eigenvalue weighted by Gasteiger charge is -2.07. The van der Waals surface area contributed by atoms with Crippen molar-refractivity contribution in [1.29, 1.82) is 0 Å². The van der Waals surface area contributed by atoms with Gasteiger partial charge in [0.25, 0.3) is 5.91 Å². The average molecular weight is 415 g/mol. The highest BCUT2D eigenvalue weighted by Gasteiger charge is 2.14. The van der Waals surface area contributed by atoms with Crippen molar-refractivity contribution in [3.8, 4) is 22.5 Å². The number of amides is 1. The summed E-state index contributed by atoms with van der Waals surface area (Å²) in [6.45, 7) is 0. The van der Waals surface area contributed by atoms with Gasteiger partial charge in [-0.2, -0.15) is 0 Å². The number of rotatable bonds is 4. The Hall–Kier alpha value is -3.90. The van der Waals surface area contributed by atoms with Gasteiger partial charge in [0.2, 0.25) is 0 Å². The van der Waals surface area contributed by atoms with Gasteiger partial charge in [0, 0.05) is 23.0 Å². The summed E-state index contributed by atoms with van der Waals surface area (Å²) in [7, 11) is 0. The van der Waals surface area contributed by atoms with Crippen LogP contribution in [0.25, 0.3) is 33.7 Å². The third-order valence-electron chi connectivity index (χ3n) is 4.67. The second kappa shape index (κ2) is 7.50. The molecule has 2 aromatic carbocycles. The molecule has 3 heterocycles. The number of benzene rings is 2. The van der Waals surface area contributed by atoms with Crippen LogP contribution in [0.5, 0.6) is 0 Å². The van der Waals surface area contributed by atoms with Crippen LogP contribution in [-0.4, -0.2) is 20.9 Å². The molecule has 0 aliphatic heterocycles. The number of halogens is 1. The first kappa shape index (κ1) is 18.1. The van der Waals surface area contributed by atoms with E-state index in [2.05, 4.69) is 20.3 Å². The molecule has 0 saturated heterocycles. The molecule has 30 heavy (non-hydrogen) atoms. The number of aromatic nitrogens is 3. The predicted molar refractivity (Wildman–Crippen MR) is 116 cm³/mol. The Bertz CT molecular complexity index is 1340. The molecule has 1 amide bonds. The minimum Gasteiger partial charge on any atom is -0.459 e. The molecule has 5 rings (SSSR count). The zero-order valence-corrected chi connectivity index (χ0v) is 16.4. The average Bonchev–Trinajstić information content (AvgIpc) is 3.45. The molecule has 7 heteroatoms. The Labute approximate surface area is 176 Å². The minimum atomic E-state index is -0.341. The number of nitrogens with zero attached hydrogens (tertiary/aromatic N) is 2. The SMILES string of the molecule is O=C(Nc1ccc(Cl)c(-c2nc3ncc(-c4ccccc4)cc3[nH]2)c1)c1ccco1. The van der Waals surface area contributed by atoms with Gasteiger partial charge in [0.15, 0.2) is 11.4 Å². The number of fused-ring (bicyclic) bond motifs is 1. The molecule has 0 spiro atoms. The number of hydrogen-bond donors (Lipinski definition) is 2. The summed E-state index contributed by atoms with van der Waals surface area (Å²) in [5.74, 6) is 0.460. The zero-order valence-electron chi connectivity index (χ0n) is 15.6. The van der Waals surface area contributed by atoms with Crippen molar-refractivity contribution in [2.24, 2.45) is 0 Å². The van der Waals surface area contributed by atoms with E-state index in [0.717, 1.165) is 16.6 Å². The van der Waals surface area contributed by atoms with Gasteiger partial charge in [-0.05, 0) is 42.0 Å². The van der Waals surface area contributed by atoms with E-state index < -0.39 is 0 Å². The number of pyridine rings is 1. The zero-order chi connectivity index (χ0) is 20.5. The molecule has 3 aromatic heterocycles. The second-order valence-corrected chi connectivity index (χ2v) is 7.08. The van der Waals surface area contributed by atoms with E-state index in [1.165, 1.54) is 6.26 Å². The van der Waals surface area contributed by atoms with Crippen LogP contribution >= 0.6 is 11.6 Å². The van der Waals surface area contributed by atoms with Crippen LogP contribution in [0.15, 0.2) is 83.6 Å². The number of nitrogens with one attached hydrogen (secondary N) is 2. The molecule has 0 fully saturated rings. The maximum Gasteiger partial charge on any atom is 0.291 e. The van der Waals surface area contributed by atoms with E-state index in [0.29, 0.717) is 27.7 Å². The Morgan fingerprint density at radius 3 is 2.67 bits per heavy atom. The lowest BCUT2D eigenvalue weighted by atomic mass is 10.1. The monoisotopic (exact) mass is 414 g/mol. The molecular weight excluding hydrogens is 400 g/mol. The number of aromatic amines is 1. The van der Waals surface area contributed by atoms with Gasteiger partial charge in [-0.25, -0.2) is 9.97 Å². The number of furan rings is 1. The number of carbonyl (C=O) groups excluding carboxylic acids is 1. The van der Waals surface area contributed by atoms with Gasteiger partial charge < -0.3 is 14.7 Å². The number of anilines is 1. The summed E-state index contributed by atoms with van der Waals surface area (Å²) in [5, 5.41) is 3.31. The maximum atomic E-state index is 12.2. The largest absolute Gasteiger partial charge is 0.459 e. The van der Waals surface area contributed by atoms with Crippen LogP contribution in [0.2, 0.25) is 5.02 Å². The van der Waals surface area contributed by atoms with Crippen molar-refractivity contribution < 1.29 is 9.21 Å². The highest BCUT2D eigenvalue weighted by molar-refractivity contribution is 6.33. The van der Waals surface area contributed by atoms with Crippen LogP contribution in [0.1, 0.15) is 10.6 Å². The van der Waals surface area contributed by atoms with Gasteiger partial charge in [0.05, 0.1) is 16.8 Å². The van der Waals surface area contributed by atoms with E-state index in [4.69, 9.17) is 16.0 Å². The fraction of sp³-hybridized carbons (Fsp3) is 0. The molecule has 0 aliphatic rings. The van der Waals surface area contributed by atoms with Crippen LogP contribution < -0.4 is 5.32 Å². The third kappa shape index (κ3) is 3.44. The molecule has 0 atom stereocenters. The molecule has 0 unspecified atom stereocenters. The van der Waals surface area contributed by atoms with Crippen molar-refractivity contribution in [3.63, 3.8) is 0 Å². The topological polar surface area (TPSA) is 83.8 Å². The molecule has 146 valence electrons. The summed E-state index contributed by atoms with van der Waals surface area (Å²) in [6, 6.07) is 20.5. The number of imidazole rings is 1. The van der Waals surface area contributed by atoms with E-state index in [9.17, 15) is 4.79 Å². The summed E-state index contributed by atoms with van der Waals surface area (Å²) in [6.07, 6.45) is 3.25. The van der Waals surface area contributed by atoms with Crippen molar-refractivity contribution in [2.45, 2.75) is 0 Å². The van der Waals surface area contributed by atoms with Gasteiger partial charge >= 0.3 is 0 Å². The Balaban J connectivity index is 1.49. The molecular formula is C23H15ClN4O2. The van der Waals surface area contributed by atoms with Gasteiger partial charge in [0.1, 0.15) is 5.82 Å². The molecule has 0 bridgehead atoms. The van der Waals surface area contributed by atoms with Crippen molar-refractivity contribution in [2.75, 3.05) is 5.32 Å². The number of carbonyl (C=O) groups is 1. The highest BCUT2D eigenvalue weighted by Crippen LogP contribution is 2.31. The smallest absolute Gasteiger partial charge is 0.291 e. The number of hydrogen-bond acceptors (Lipinski definition) is 4. The molecule has 0 radical (unpaired) electrons. The maximum absolute atomic E-state index is 12.2. The summed E-state index contributed by atoms with van der Waals surface area (Å²) >= 11 is 6.41. The van der Waals surface area contributed by atoms with E-state index in [1.807, 2.05) is 36.4 Å². The second-order valence-electron chi connectivity index (χ2n) is 6.67. The first-order valence-corrected chi connectivity index (χ1v) is 9.61. The molecule has 5 aromatic rings. The van der Waals surface area contributed by atoms with Gasteiger partial charge in [-0.3, -0.25) is 4.79 Å². The van der Waals surface area contributed by atoms with Crippen LogP contribution in [-0.2, 0) is 0 Å². The molecule has 0 aliphatic carbocycles. The van der Waals surface area contributed by atoms with E-state index in [1.54, 1.807) is 36.5 Å². The number of H-pyrrole nitrogens is 1. The van der Waals surface area contributed by atoms with Crippen LogP contribution in [0, 0.1) is 0 Å². The van der Waals surface area contributed by atoms with Crippen LogP contribution in [0.3, 0.4) is 0 Å². The van der Waals surface area contributed by atoms with E-state index in [-0.39, 0.29) is 11.7 Å². The first-order valence-electron chi connectivity index (χ1n) is 9.23.